The lowest BCUT2D eigenvalue weighted by Crippen LogP contribution is -2.30. The molecule has 0 aromatic rings. The van der Waals surface area contributed by atoms with Gasteiger partial charge in [0.1, 0.15) is 0 Å². The molecule has 0 spiro atoms. The number of hydrogen-bond acceptors (Lipinski definition) is 1. The molecule has 0 aromatic carbocycles. The molecule has 1 unspecified atom stereocenters. The monoisotopic (exact) mass is 274 g/mol. The van der Waals surface area contributed by atoms with Crippen LogP contribution in [0.2, 0.25) is 19.6 Å². The van der Waals surface area contributed by atoms with Crippen molar-refractivity contribution in [1.82, 2.24) is 0 Å². The summed E-state index contributed by atoms with van der Waals surface area (Å²) in [4.78, 5) is 0. The van der Waals surface area contributed by atoms with Crippen LogP contribution in [-0.4, -0.2) is 12.1 Å². The van der Waals surface area contributed by atoms with Gasteiger partial charge in [0, 0.05) is 0 Å². The molecule has 0 aliphatic carbocycles. The molecule has 1 atom stereocenters. The van der Waals surface area contributed by atoms with Gasteiger partial charge in [0.05, 0.1) is 11.7 Å². The lowest BCUT2D eigenvalue weighted by molar-refractivity contribution is 0.353. The minimum Gasteiger partial charge on any atom is -0.547 e. The largest absolute Gasteiger partial charge is 0.547 e. The maximum absolute atomic E-state index is 5.82. The second kappa shape index (κ2) is 5.11. The molecule has 5 heteroatoms. The van der Waals surface area contributed by atoms with Gasteiger partial charge < -0.3 is 4.43 Å². The van der Waals surface area contributed by atoms with Crippen LogP contribution in [0, 0.1) is 5.92 Å². The molecule has 0 rings (SSSR count). The normalized spacial score (nSPS) is 16.7. The summed E-state index contributed by atoms with van der Waals surface area (Å²) in [5.74, 6) is 0.549. The highest BCUT2D eigenvalue weighted by Gasteiger charge is 2.34. The Balaban J connectivity index is 4.62. The molecule has 0 fully saturated rings. The van der Waals surface area contributed by atoms with Crippen molar-refractivity contribution in [1.29, 1.82) is 0 Å². The summed E-state index contributed by atoms with van der Waals surface area (Å²) < 4.78 is 4.52. The summed E-state index contributed by atoms with van der Waals surface area (Å²) in [7, 11) is -1.63. The maximum Gasteiger partial charge on any atom is 0.241 e. The van der Waals surface area contributed by atoms with E-state index in [0.717, 1.165) is 5.76 Å². The summed E-state index contributed by atoms with van der Waals surface area (Å²) in [6.45, 7) is 10.0. The van der Waals surface area contributed by atoms with Crippen LogP contribution >= 0.6 is 34.8 Å². The Morgan fingerprint density at radius 3 is 1.93 bits per heavy atom. The standard InChI is InChI=1S/C9H17Cl3OSi/c1-6-8(13-14(3,4)5)7(2)9(10,11)12/h6-7H,1-5H3/b8-6-. The number of hydrogen-bond donors (Lipinski definition) is 0. The zero-order valence-corrected chi connectivity index (χ0v) is 12.5. The number of alkyl halides is 3. The first kappa shape index (κ1) is 14.6. The molecule has 14 heavy (non-hydrogen) atoms. The first-order valence-electron chi connectivity index (χ1n) is 4.50. The lowest BCUT2D eigenvalue weighted by atomic mass is 10.1. The molecule has 0 saturated heterocycles. The van der Waals surface area contributed by atoms with E-state index >= 15 is 0 Å². The minimum atomic E-state index is -1.63. The Bertz CT molecular complexity index is 215. The minimum absolute atomic E-state index is 0.218. The predicted octanol–water partition coefficient (Wildman–Crippen LogP) is 4.75. The van der Waals surface area contributed by atoms with Crippen molar-refractivity contribution in [3.63, 3.8) is 0 Å². The third-order valence-corrected chi connectivity index (χ3v) is 3.46. The van der Waals surface area contributed by atoms with Crippen LogP contribution in [0.1, 0.15) is 13.8 Å². The fraction of sp³-hybridized carbons (Fsp3) is 0.778. The molecular formula is C9H17Cl3OSi. The van der Waals surface area contributed by atoms with E-state index in [-0.39, 0.29) is 5.92 Å². The van der Waals surface area contributed by atoms with Gasteiger partial charge in [-0.15, -0.1) is 0 Å². The predicted molar refractivity (Wildman–Crippen MR) is 67.6 cm³/mol. The van der Waals surface area contributed by atoms with Gasteiger partial charge in [-0.25, -0.2) is 0 Å². The van der Waals surface area contributed by atoms with Gasteiger partial charge in [-0.1, -0.05) is 47.8 Å². The van der Waals surface area contributed by atoms with E-state index in [0.29, 0.717) is 0 Å². The Morgan fingerprint density at radius 1 is 1.29 bits per heavy atom. The number of halogens is 3. The molecular weight excluding hydrogens is 259 g/mol. The average molecular weight is 276 g/mol. The molecule has 0 aliphatic rings. The van der Waals surface area contributed by atoms with E-state index in [4.69, 9.17) is 39.2 Å². The SMILES string of the molecule is C/C=C(\O[Si](C)(C)C)C(C)C(Cl)(Cl)Cl. The zero-order valence-electron chi connectivity index (χ0n) is 9.20. The summed E-state index contributed by atoms with van der Waals surface area (Å²) in [5.41, 5.74) is 0. The van der Waals surface area contributed by atoms with E-state index in [1.54, 1.807) is 0 Å². The fourth-order valence-corrected chi connectivity index (χ4v) is 2.24. The summed E-state index contributed by atoms with van der Waals surface area (Å²) in [5, 5.41) is 0. The van der Waals surface area contributed by atoms with Crippen LogP contribution in [0.25, 0.3) is 0 Å². The van der Waals surface area contributed by atoms with E-state index in [2.05, 4.69) is 19.6 Å². The van der Waals surface area contributed by atoms with Crippen molar-refractivity contribution in [2.75, 3.05) is 0 Å². The quantitative estimate of drug-likeness (QED) is 0.410. The van der Waals surface area contributed by atoms with Crippen molar-refractivity contribution < 1.29 is 4.43 Å². The summed E-state index contributed by atoms with van der Waals surface area (Å²) in [6, 6.07) is 0. The Kier molecular flexibility index (Phi) is 5.34. The van der Waals surface area contributed by atoms with Crippen molar-refractivity contribution in [2.24, 2.45) is 5.92 Å². The molecule has 0 aromatic heterocycles. The Labute approximate surface area is 102 Å². The van der Waals surface area contributed by atoms with Crippen molar-refractivity contribution in [3.8, 4) is 0 Å². The van der Waals surface area contributed by atoms with Gasteiger partial charge in [-0.3, -0.25) is 0 Å². The van der Waals surface area contributed by atoms with E-state index in [1.165, 1.54) is 0 Å². The van der Waals surface area contributed by atoms with Crippen LogP contribution in [0.5, 0.6) is 0 Å². The first-order valence-corrected chi connectivity index (χ1v) is 9.04. The van der Waals surface area contributed by atoms with E-state index in [1.807, 2.05) is 19.9 Å². The van der Waals surface area contributed by atoms with Crippen LogP contribution in [0.3, 0.4) is 0 Å². The molecule has 0 amide bonds. The Hall–Kier alpha value is 0.627. The van der Waals surface area contributed by atoms with E-state index in [9.17, 15) is 0 Å². The zero-order chi connectivity index (χ0) is 11.6. The smallest absolute Gasteiger partial charge is 0.241 e. The maximum atomic E-state index is 5.82. The van der Waals surface area contributed by atoms with E-state index < -0.39 is 12.1 Å². The molecule has 1 nitrogen and oxygen atoms in total. The van der Waals surface area contributed by atoms with Crippen molar-refractivity contribution >= 4 is 43.1 Å². The highest BCUT2D eigenvalue weighted by molar-refractivity contribution is 6.70. The number of allylic oxidation sites excluding steroid dienone is 2. The van der Waals surface area contributed by atoms with Crippen LogP contribution in [0.4, 0.5) is 0 Å². The highest BCUT2D eigenvalue weighted by atomic mass is 35.6. The van der Waals surface area contributed by atoms with Gasteiger partial charge in [-0.05, 0) is 26.6 Å². The molecule has 0 bridgehead atoms. The molecule has 0 aliphatic heterocycles. The second-order valence-corrected chi connectivity index (χ2v) is 11.0. The Morgan fingerprint density at radius 2 is 1.71 bits per heavy atom. The first-order chi connectivity index (χ1) is 6.08. The second-order valence-electron chi connectivity index (χ2n) is 4.17. The van der Waals surface area contributed by atoms with Gasteiger partial charge in [0.15, 0.2) is 3.79 Å². The van der Waals surface area contributed by atoms with Gasteiger partial charge in [0.25, 0.3) is 0 Å². The third kappa shape index (κ3) is 5.49. The topological polar surface area (TPSA) is 9.23 Å². The van der Waals surface area contributed by atoms with Crippen LogP contribution < -0.4 is 0 Å². The fourth-order valence-electron chi connectivity index (χ4n) is 0.912. The van der Waals surface area contributed by atoms with Crippen molar-refractivity contribution in [3.05, 3.63) is 11.8 Å². The molecule has 84 valence electrons. The van der Waals surface area contributed by atoms with Crippen LogP contribution in [0.15, 0.2) is 11.8 Å². The summed E-state index contributed by atoms with van der Waals surface area (Å²) >= 11 is 17.4. The summed E-state index contributed by atoms with van der Waals surface area (Å²) in [6.07, 6.45) is 1.87. The lowest BCUT2D eigenvalue weighted by Gasteiger charge is -2.29. The molecule has 0 saturated carbocycles. The van der Waals surface area contributed by atoms with Gasteiger partial charge in [0.2, 0.25) is 8.32 Å². The number of rotatable bonds is 3. The average Bonchev–Trinajstić information content (AvgIpc) is 1.95. The van der Waals surface area contributed by atoms with Gasteiger partial charge in [-0.2, -0.15) is 0 Å². The third-order valence-electron chi connectivity index (χ3n) is 1.63. The van der Waals surface area contributed by atoms with Gasteiger partial charge >= 0.3 is 0 Å². The molecule has 0 heterocycles. The highest BCUT2D eigenvalue weighted by Crippen LogP contribution is 2.39. The van der Waals surface area contributed by atoms with Crippen LogP contribution in [-0.2, 0) is 4.43 Å². The van der Waals surface area contributed by atoms with Crippen molar-refractivity contribution in [2.45, 2.75) is 37.3 Å². The molecule has 0 radical (unpaired) electrons. The molecule has 0 N–H and O–H groups in total.